The molecule has 1 aliphatic rings. The van der Waals surface area contributed by atoms with E-state index in [-0.39, 0.29) is 5.97 Å². The minimum Gasteiger partial charge on any atom is -0.461 e. The Balaban J connectivity index is 1.39. The highest BCUT2D eigenvalue weighted by Gasteiger charge is 2.12. The maximum Gasteiger partial charge on any atom is 0.338 e. The van der Waals surface area contributed by atoms with Crippen LogP contribution in [-0.4, -0.2) is 40.8 Å². The van der Waals surface area contributed by atoms with Gasteiger partial charge in [0.25, 0.3) is 0 Å². The lowest BCUT2D eigenvalue weighted by Gasteiger charge is -2.21. The Hall–Kier alpha value is -0.380. The van der Waals surface area contributed by atoms with Crippen molar-refractivity contribution >= 4 is 41.5 Å². The van der Waals surface area contributed by atoms with Crippen LogP contribution in [0.15, 0.2) is 29.2 Å². The van der Waals surface area contributed by atoms with E-state index in [1.807, 2.05) is 23.5 Å². The van der Waals surface area contributed by atoms with Crippen LogP contribution in [0.5, 0.6) is 0 Å². The summed E-state index contributed by atoms with van der Waals surface area (Å²) in [5.74, 6) is 5.05. The van der Waals surface area contributed by atoms with E-state index in [0.29, 0.717) is 17.1 Å². The molecule has 5 nitrogen and oxygen atoms in total. The zero-order chi connectivity index (χ0) is 20.6. The fourth-order valence-corrected chi connectivity index (χ4v) is 5.73. The van der Waals surface area contributed by atoms with Crippen LogP contribution in [0, 0.1) is 5.92 Å². The molecule has 0 aliphatic heterocycles. The molecule has 0 spiro atoms. The average molecular weight is 461 g/mol. The summed E-state index contributed by atoms with van der Waals surface area (Å²) in [6.45, 7) is 0.424. The van der Waals surface area contributed by atoms with E-state index < -0.39 is 0 Å². The zero-order valence-electron chi connectivity index (χ0n) is 16.9. The van der Waals surface area contributed by atoms with Gasteiger partial charge in [-0.05, 0) is 42.4 Å². The lowest BCUT2D eigenvalue weighted by atomic mass is 9.86. The van der Waals surface area contributed by atoms with Gasteiger partial charge in [-0.2, -0.15) is 23.5 Å². The van der Waals surface area contributed by atoms with Crippen molar-refractivity contribution in [3.8, 4) is 0 Å². The number of carbonyl (C=O) groups excluding carboxylic acids is 1. The predicted molar refractivity (Wildman–Crippen MR) is 122 cm³/mol. The molecule has 1 fully saturated rings. The van der Waals surface area contributed by atoms with Gasteiger partial charge >= 0.3 is 5.97 Å². The third-order valence-electron chi connectivity index (χ3n) is 4.96. The van der Waals surface area contributed by atoms with E-state index in [4.69, 9.17) is 9.99 Å². The summed E-state index contributed by atoms with van der Waals surface area (Å²) < 4.78 is 9.63. The molecule has 0 heterocycles. The lowest BCUT2D eigenvalue weighted by molar-refractivity contribution is -0.432. The molecule has 0 bridgehead atoms. The third kappa shape index (κ3) is 11.5. The molecule has 1 saturated carbocycles. The van der Waals surface area contributed by atoms with Gasteiger partial charge < -0.3 is 4.74 Å². The standard InChI is InChI=1S/C21H32O5S3/c22-21(19-9-11-20(12-10-19)29-26-25-23)24-13-15-28-17-16-27-14-5-4-8-18-6-2-1-3-7-18/h9-12,18,23H,1-8,13-17H2. The number of unbranched alkanes of at least 4 members (excludes halogenated alkanes) is 1. The molecule has 164 valence electrons. The molecule has 29 heavy (non-hydrogen) atoms. The maximum absolute atomic E-state index is 12.0. The number of carbonyl (C=O) groups is 1. The molecular weight excluding hydrogens is 428 g/mol. The van der Waals surface area contributed by atoms with Crippen molar-refractivity contribution in [2.75, 3.05) is 29.6 Å². The summed E-state index contributed by atoms with van der Waals surface area (Å²) >= 11 is 4.73. The van der Waals surface area contributed by atoms with Crippen LogP contribution in [0.25, 0.3) is 0 Å². The number of hydrogen-bond donors (Lipinski definition) is 1. The minimum atomic E-state index is -0.325. The van der Waals surface area contributed by atoms with Crippen LogP contribution in [0.2, 0.25) is 0 Å². The Morgan fingerprint density at radius 1 is 0.966 bits per heavy atom. The Morgan fingerprint density at radius 3 is 2.41 bits per heavy atom. The first-order valence-electron chi connectivity index (χ1n) is 10.4. The molecule has 0 aromatic heterocycles. The molecular formula is C21H32O5S3. The molecule has 0 amide bonds. The molecule has 1 aliphatic carbocycles. The first kappa shape index (κ1) is 24.9. The smallest absolute Gasteiger partial charge is 0.338 e. The highest BCUT2D eigenvalue weighted by Crippen LogP contribution is 2.28. The van der Waals surface area contributed by atoms with Crippen molar-refractivity contribution in [1.29, 1.82) is 0 Å². The van der Waals surface area contributed by atoms with E-state index >= 15 is 0 Å². The molecule has 0 atom stereocenters. The van der Waals surface area contributed by atoms with Gasteiger partial charge in [0, 0.05) is 22.2 Å². The Bertz CT molecular complexity index is 550. The van der Waals surface area contributed by atoms with Gasteiger partial charge in [0.1, 0.15) is 6.61 Å². The van der Waals surface area contributed by atoms with Crippen molar-refractivity contribution in [2.24, 2.45) is 5.92 Å². The van der Waals surface area contributed by atoms with Crippen molar-refractivity contribution in [1.82, 2.24) is 0 Å². The van der Waals surface area contributed by atoms with Gasteiger partial charge in [-0.25, -0.2) is 10.1 Å². The van der Waals surface area contributed by atoms with Gasteiger partial charge in [0.2, 0.25) is 0 Å². The molecule has 0 unspecified atom stereocenters. The van der Waals surface area contributed by atoms with E-state index in [2.05, 4.69) is 9.37 Å². The van der Waals surface area contributed by atoms with Crippen molar-refractivity contribution in [3.63, 3.8) is 0 Å². The van der Waals surface area contributed by atoms with Gasteiger partial charge in [-0.1, -0.05) is 50.0 Å². The maximum atomic E-state index is 12.0. The Kier molecular flexibility index (Phi) is 14.0. The van der Waals surface area contributed by atoms with E-state index in [0.717, 1.165) is 29.5 Å². The molecule has 8 heteroatoms. The molecule has 0 radical (unpaired) electrons. The molecule has 2 rings (SSSR count). The number of rotatable bonds is 15. The highest BCUT2D eigenvalue weighted by molar-refractivity contribution is 8.02. The quantitative estimate of drug-likeness (QED) is 0.105. The van der Waals surface area contributed by atoms with Gasteiger partial charge in [-0.3, -0.25) is 0 Å². The summed E-state index contributed by atoms with van der Waals surface area (Å²) in [6, 6.07) is 6.70. The molecule has 1 aromatic rings. The summed E-state index contributed by atoms with van der Waals surface area (Å²) in [5.41, 5.74) is 0.494. The summed E-state index contributed by atoms with van der Waals surface area (Å²) in [4.78, 5) is 12.7. The Morgan fingerprint density at radius 2 is 1.69 bits per heavy atom. The summed E-state index contributed by atoms with van der Waals surface area (Å²) in [6.07, 6.45) is 11.5. The van der Waals surface area contributed by atoms with Crippen LogP contribution >= 0.6 is 35.6 Å². The minimum absolute atomic E-state index is 0.325. The van der Waals surface area contributed by atoms with E-state index in [1.54, 1.807) is 24.3 Å². The van der Waals surface area contributed by atoms with E-state index in [9.17, 15) is 4.79 Å². The SMILES string of the molecule is O=C(OCCSCCSCCCCC1CCCCC1)c1ccc(SOOO)cc1. The molecule has 1 N–H and O–H groups in total. The Labute approximate surface area is 187 Å². The second-order valence-corrected chi connectivity index (χ2v) is 10.3. The van der Waals surface area contributed by atoms with Crippen LogP contribution in [0.4, 0.5) is 0 Å². The third-order valence-corrected chi connectivity index (χ3v) is 7.83. The van der Waals surface area contributed by atoms with Crippen molar-refractivity contribution < 1.29 is 24.2 Å². The number of thioether (sulfide) groups is 2. The van der Waals surface area contributed by atoms with Gasteiger partial charge in [0.15, 0.2) is 0 Å². The lowest BCUT2D eigenvalue weighted by Crippen LogP contribution is -2.08. The first-order chi connectivity index (χ1) is 14.3. The van der Waals surface area contributed by atoms with Crippen LogP contribution in [0.3, 0.4) is 0 Å². The summed E-state index contributed by atoms with van der Waals surface area (Å²) in [5, 5.41) is 11.6. The predicted octanol–water partition coefficient (Wildman–Crippen LogP) is 6.49. The number of ether oxygens (including phenoxy) is 1. The van der Waals surface area contributed by atoms with Crippen LogP contribution < -0.4 is 0 Å². The molecule has 0 saturated heterocycles. The second-order valence-electron chi connectivity index (χ2n) is 7.11. The first-order valence-corrected chi connectivity index (χ1v) is 13.4. The monoisotopic (exact) mass is 460 g/mol. The summed E-state index contributed by atoms with van der Waals surface area (Å²) in [7, 11) is 0. The highest BCUT2D eigenvalue weighted by atomic mass is 32.2. The van der Waals surface area contributed by atoms with E-state index in [1.165, 1.54) is 62.9 Å². The number of benzene rings is 1. The fraction of sp³-hybridized carbons (Fsp3) is 0.667. The fourth-order valence-electron chi connectivity index (χ4n) is 3.41. The van der Waals surface area contributed by atoms with Crippen LogP contribution in [0.1, 0.15) is 61.7 Å². The van der Waals surface area contributed by atoms with Crippen molar-refractivity contribution in [3.05, 3.63) is 29.8 Å². The number of hydrogen-bond acceptors (Lipinski definition) is 8. The normalized spacial score (nSPS) is 14.8. The van der Waals surface area contributed by atoms with Crippen molar-refractivity contribution in [2.45, 2.75) is 56.3 Å². The largest absolute Gasteiger partial charge is 0.461 e. The molecule has 1 aromatic carbocycles. The second kappa shape index (κ2) is 16.3. The zero-order valence-corrected chi connectivity index (χ0v) is 19.3. The number of esters is 1. The van der Waals surface area contributed by atoms with Gasteiger partial charge in [0.05, 0.1) is 17.6 Å². The average Bonchev–Trinajstić information content (AvgIpc) is 2.77. The van der Waals surface area contributed by atoms with Gasteiger partial charge in [-0.15, -0.1) is 4.33 Å². The van der Waals surface area contributed by atoms with Crippen LogP contribution in [-0.2, 0) is 14.1 Å². The topological polar surface area (TPSA) is 65.0 Å².